The van der Waals surface area contributed by atoms with Crippen molar-refractivity contribution in [3.8, 4) is 0 Å². The Morgan fingerprint density at radius 3 is 2.58 bits per heavy atom. The van der Waals surface area contributed by atoms with Crippen molar-refractivity contribution < 1.29 is 14.3 Å². The number of para-hydroxylation sites is 1. The molecule has 2 aromatic rings. The molecular formula is C20H23N3O3. The third-order valence-electron chi connectivity index (χ3n) is 4.36. The summed E-state index contributed by atoms with van der Waals surface area (Å²) in [7, 11) is 0. The number of benzene rings is 1. The van der Waals surface area contributed by atoms with E-state index < -0.39 is 5.97 Å². The minimum atomic E-state index is -0.457. The summed E-state index contributed by atoms with van der Waals surface area (Å²) in [5.41, 5.74) is 1.21. The van der Waals surface area contributed by atoms with Gasteiger partial charge in [0.1, 0.15) is 5.82 Å². The summed E-state index contributed by atoms with van der Waals surface area (Å²) in [5, 5.41) is 2.77. The first-order chi connectivity index (χ1) is 12.7. The summed E-state index contributed by atoms with van der Waals surface area (Å²) in [4.78, 5) is 31.2. The fourth-order valence-electron chi connectivity index (χ4n) is 3.00. The minimum absolute atomic E-state index is 0.281. The standard InChI is InChI=1S/C20H23N3O3/c1-2-26-20(25)16-8-4-5-9-17(16)22-19(24)15-10-11-18(21-14-15)23-12-6-3-7-13-23/h4-5,8-11,14H,2-3,6-7,12-13H2,1H3,(H,22,24). The molecule has 0 bridgehead atoms. The van der Waals surface area contributed by atoms with Crippen molar-refractivity contribution in [2.45, 2.75) is 26.2 Å². The van der Waals surface area contributed by atoms with E-state index in [-0.39, 0.29) is 12.5 Å². The van der Waals surface area contributed by atoms with Crippen molar-refractivity contribution in [2.75, 3.05) is 29.9 Å². The SMILES string of the molecule is CCOC(=O)c1ccccc1NC(=O)c1ccc(N2CCCCC2)nc1. The van der Waals surface area contributed by atoms with Crippen molar-refractivity contribution >= 4 is 23.4 Å². The first-order valence-electron chi connectivity index (χ1n) is 8.97. The lowest BCUT2D eigenvalue weighted by atomic mass is 10.1. The summed E-state index contributed by atoms with van der Waals surface area (Å²) >= 11 is 0. The molecule has 1 aromatic carbocycles. The van der Waals surface area contributed by atoms with Gasteiger partial charge in [-0.2, -0.15) is 0 Å². The van der Waals surface area contributed by atoms with Crippen LogP contribution in [0, 0.1) is 0 Å². The predicted octanol–water partition coefficient (Wildman–Crippen LogP) is 3.50. The van der Waals surface area contributed by atoms with Crippen LogP contribution >= 0.6 is 0 Å². The summed E-state index contributed by atoms with van der Waals surface area (Å²) in [5.74, 6) is 0.134. The third-order valence-corrected chi connectivity index (χ3v) is 4.36. The number of pyridine rings is 1. The topological polar surface area (TPSA) is 71.5 Å². The molecule has 136 valence electrons. The fraction of sp³-hybridized carbons (Fsp3) is 0.350. The van der Waals surface area contributed by atoms with Crippen molar-refractivity contribution in [3.05, 3.63) is 53.7 Å². The number of ether oxygens (including phenoxy) is 1. The number of carbonyl (C=O) groups excluding carboxylic acids is 2. The molecule has 26 heavy (non-hydrogen) atoms. The van der Waals surface area contributed by atoms with Gasteiger partial charge in [0.2, 0.25) is 0 Å². The van der Waals surface area contributed by atoms with Crippen LogP contribution in [0.5, 0.6) is 0 Å². The molecule has 1 N–H and O–H groups in total. The summed E-state index contributed by atoms with van der Waals surface area (Å²) in [6, 6.07) is 10.4. The van der Waals surface area contributed by atoms with Crippen LogP contribution in [0.1, 0.15) is 46.9 Å². The Morgan fingerprint density at radius 1 is 1.12 bits per heavy atom. The van der Waals surface area contributed by atoms with E-state index in [2.05, 4.69) is 15.2 Å². The van der Waals surface area contributed by atoms with Crippen molar-refractivity contribution in [1.82, 2.24) is 4.98 Å². The molecule has 0 spiro atoms. The summed E-state index contributed by atoms with van der Waals surface area (Å²) in [6.07, 6.45) is 5.19. The summed E-state index contributed by atoms with van der Waals surface area (Å²) in [6.45, 7) is 4.04. The molecule has 2 heterocycles. The zero-order chi connectivity index (χ0) is 18.4. The first-order valence-corrected chi connectivity index (χ1v) is 8.97. The lowest BCUT2D eigenvalue weighted by Gasteiger charge is -2.27. The van der Waals surface area contributed by atoms with Gasteiger partial charge in [-0.3, -0.25) is 4.79 Å². The van der Waals surface area contributed by atoms with Gasteiger partial charge in [0.25, 0.3) is 5.91 Å². The lowest BCUT2D eigenvalue weighted by molar-refractivity contribution is 0.0527. The van der Waals surface area contributed by atoms with Gasteiger partial charge < -0.3 is 15.0 Å². The van der Waals surface area contributed by atoms with Gasteiger partial charge in [0, 0.05) is 19.3 Å². The molecule has 1 saturated heterocycles. The van der Waals surface area contributed by atoms with Gasteiger partial charge in [0.15, 0.2) is 0 Å². The van der Waals surface area contributed by atoms with E-state index in [4.69, 9.17) is 4.74 Å². The molecule has 6 nitrogen and oxygen atoms in total. The first kappa shape index (κ1) is 17.9. The van der Waals surface area contributed by atoms with Crippen molar-refractivity contribution in [2.24, 2.45) is 0 Å². The van der Waals surface area contributed by atoms with Gasteiger partial charge in [-0.25, -0.2) is 9.78 Å². The smallest absolute Gasteiger partial charge is 0.340 e. The van der Waals surface area contributed by atoms with Crippen molar-refractivity contribution in [1.29, 1.82) is 0 Å². The normalized spacial score (nSPS) is 14.0. The molecule has 3 rings (SSSR count). The maximum atomic E-state index is 12.5. The number of anilines is 2. The number of nitrogens with zero attached hydrogens (tertiary/aromatic N) is 2. The average molecular weight is 353 g/mol. The van der Waals surface area contributed by atoms with E-state index in [0.717, 1.165) is 18.9 Å². The second-order valence-electron chi connectivity index (χ2n) is 6.17. The van der Waals surface area contributed by atoms with Gasteiger partial charge in [-0.05, 0) is 50.5 Å². The van der Waals surface area contributed by atoms with E-state index in [1.165, 1.54) is 19.3 Å². The highest BCUT2D eigenvalue weighted by Gasteiger charge is 2.16. The Morgan fingerprint density at radius 2 is 1.88 bits per heavy atom. The molecular weight excluding hydrogens is 330 g/mol. The molecule has 1 amide bonds. The maximum Gasteiger partial charge on any atom is 0.340 e. The molecule has 0 saturated carbocycles. The van der Waals surface area contributed by atoms with Crippen LogP contribution in [0.3, 0.4) is 0 Å². The highest BCUT2D eigenvalue weighted by atomic mass is 16.5. The van der Waals surface area contributed by atoms with E-state index in [1.807, 2.05) is 6.07 Å². The number of esters is 1. The Hall–Kier alpha value is -2.89. The number of hydrogen-bond acceptors (Lipinski definition) is 5. The molecule has 6 heteroatoms. The third kappa shape index (κ3) is 4.20. The highest BCUT2D eigenvalue weighted by molar-refractivity contribution is 6.07. The lowest BCUT2D eigenvalue weighted by Crippen LogP contribution is -2.30. The number of nitrogens with one attached hydrogen (secondary N) is 1. The Kier molecular flexibility index (Phi) is 5.84. The molecule has 0 aliphatic carbocycles. The van der Waals surface area contributed by atoms with Crippen LogP contribution in [0.15, 0.2) is 42.6 Å². The second kappa shape index (κ2) is 8.47. The van der Waals surface area contributed by atoms with Crippen LogP contribution in [0.2, 0.25) is 0 Å². The number of aromatic nitrogens is 1. The second-order valence-corrected chi connectivity index (χ2v) is 6.17. The number of carbonyl (C=O) groups is 2. The molecule has 0 radical (unpaired) electrons. The maximum absolute atomic E-state index is 12.5. The van der Waals surface area contributed by atoms with E-state index in [0.29, 0.717) is 16.8 Å². The molecule has 1 aromatic heterocycles. The highest BCUT2D eigenvalue weighted by Crippen LogP contribution is 2.20. The fourth-order valence-corrected chi connectivity index (χ4v) is 3.00. The Balaban J connectivity index is 1.71. The minimum Gasteiger partial charge on any atom is -0.462 e. The van der Waals surface area contributed by atoms with Crippen molar-refractivity contribution in [3.63, 3.8) is 0 Å². The summed E-state index contributed by atoms with van der Waals surface area (Å²) < 4.78 is 5.03. The zero-order valence-electron chi connectivity index (χ0n) is 14.9. The van der Waals surface area contributed by atoms with Gasteiger partial charge >= 0.3 is 5.97 Å². The Bertz CT molecular complexity index is 768. The number of hydrogen-bond donors (Lipinski definition) is 1. The number of amides is 1. The van der Waals surface area contributed by atoms with Crippen LogP contribution in [0.25, 0.3) is 0 Å². The van der Waals surface area contributed by atoms with Crippen LogP contribution in [-0.2, 0) is 4.74 Å². The molecule has 1 aliphatic heterocycles. The molecule has 1 aliphatic rings. The zero-order valence-corrected chi connectivity index (χ0v) is 14.9. The van der Waals surface area contributed by atoms with E-state index in [1.54, 1.807) is 43.5 Å². The van der Waals surface area contributed by atoms with Gasteiger partial charge in [-0.1, -0.05) is 12.1 Å². The Labute approximate surface area is 153 Å². The monoisotopic (exact) mass is 353 g/mol. The largest absolute Gasteiger partial charge is 0.462 e. The molecule has 0 atom stereocenters. The quantitative estimate of drug-likeness (QED) is 0.833. The predicted molar refractivity (Wildman–Crippen MR) is 101 cm³/mol. The molecule has 0 unspecified atom stereocenters. The number of rotatable bonds is 5. The van der Waals surface area contributed by atoms with Crippen LogP contribution < -0.4 is 10.2 Å². The van der Waals surface area contributed by atoms with E-state index >= 15 is 0 Å². The number of piperidine rings is 1. The average Bonchev–Trinajstić information content (AvgIpc) is 2.69. The van der Waals surface area contributed by atoms with E-state index in [9.17, 15) is 9.59 Å². The van der Waals surface area contributed by atoms with Gasteiger partial charge in [-0.15, -0.1) is 0 Å². The van der Waals surface area contributed by atoms with Crippen LogP contribution in [0.4, 0.5) is 11.5 Å². The molecule has 1 fully saturated rings. The van der Waals surface area contributed by atoms with Gasteiger partial charge in [0.05, 0.1) is 23.4 Å². The van der Waals surface area contributed by atoms with Crippen LogP contribution in [-0.4, -0.2) is 36.6 Å².